The van der Waals surface area contributed by atoms with Gasteiger partial charge in [0, 0.05) is 24.3 Å². The van der Waals surface area contributed by atoms with Crippen LogP contribution in [0.5, 0.6) is 0 Å². The van der Waals surface area contributed by atoms with E-state index in [1.807, 2.05) is 0 Å². The van der Waals surface area contributed by atoms with E-state index >= 15 is 0 Å². The number of halogens is 4. The van der Waals surface area contributed by atoms with Gasteiger partial charge in [-0.15, -0.1) is 10.2 Å². The number of carbonyl (C=O) groups excluding carboxylic acids is 1. The predicted octanol–water partition coefficient (Wildman–Crippen LogP) is 2.02. The van der Waals surface area contributed by atoms with Crippen LogP contribution in [-0.4, -0.2) is 94.6 Å². The van der Waals surface area contributed by atoms with E-state index in [0.29, 0.717) is 28.1 Å². The number of aromatic nitrogens is 7. The molecule has 4 aromatic heterocycles. The van der Waals surface area contributed by atoms with Crippen LogP contribution < -0.4 is 10.6 Å². The van der Waals surface area contributed by atoms with Gasteiger partial charge in [0.05, 0.1) is 18.3 Å². The first kappa shape index (κ1) is 25.2. The van der Waals surface area contributed by atoms with Gasteiger partial charge in [-0.1, -0.05) is 5.21 Å². The van der Waals surface area contributed by atoms with E-state index in [2.05, 4.69) is 36.0 Å². The monoisotopic (exact) mass is 548 g/mol. The average Bonchev–Trinajstić information content (AvgIpc) is 3.47. The summed E-state index contributed by atoms with van der Waals surface area (Å²) in [5.41, 5.74) is 2.18. The zero-order valence-corrected chi connectivity index (χ0v) is 20.4. The summed E-state index contributed by atoms with van der Waals surface area (Å²) in [6.45, 7) is -2.24. The third-order valence-corrected chi connectivity index (χ3v) is 6.77. The zero-order valence-electron chi connectivity index (χ0n) is 20.4. The first-order valence-electron chi connectivity index (χ1n) is 12.4. The SMILES string of the molecule is O=C(CO)N1CC[C@@H](Nc2nc(NC3CC3)c3c(-c4ccc5nnn(CC(F)F)c5n4)ccn3n2)C(F)(F)C1. The Hall–Kier alpha value is -4.08. The molecule has 4 aromatic rings. The Bertz CT molecular complexity index is 1540. The van der Waals surface area contributed by atoms with Gasteiger partial charge in [0.15, 0.2) is 11.5 Å². The predicted molar refractivity (Wildman–Crippen MR) is 131 cm³/mol. The number of alkyl halides is 4. The van der Waals surface area contributed by atoms with E-state index < -0.39 is 44.0 Å². The normalized spacial score (nSPS) is 19.2. The lowest BCUT2D eigenvalue weighted by Gasteiger charge is -2.38. The zero-order chi connectivity index (χ0) is 27.3. The summed E-state index contributed by atoms with van der Waals surface area (Å²) in [4.78, 5) is 21.7. The lowest BCUT2D eigenvalue weighted by atomic mass is 10.0. The third kappa shape index (κ3) is 4.91. The molecule has 1 saturated carbocycles. The van der Waals surface area contributed by atoms with Gasteiger partial charge in [-0.05, 0) is 37.5 Å². The van der Waals surface area contributed by atoms with Gasteiger partial charge in [0.25, 0.3) is 12.3 Å². The van der Waals surface area contributed by atoms with Gasteiger partial charge in [-0.3, -0.25) is 4.79 Å². The van der Waals surface area contributed by atoms with Crippen molar-refractivity contribution in [2.24, 2.45) is 0 Å². The number of hydrogen-bond acceptors (Lipinski definition) is 9. The van der Waals surface area contributed by atoms with E-state index in [-0.39, 0.29) is 30.6 Å². The molecular weight excluding hydrogens is 524 g/mol. The highest BCUT2D eigenvalue weighted by Crippen LogP contribution is 2.34. The molecule has 0 bridgehead atoms. The minimum Gasteiger partial charge on any atom is -0.387 e. The average molecular weight is 549 g/mol. The molecule has 1 atom stereocenters. The number of piperidine rings is 1. The standard InChI is InChI=1S/C23H24F4N10O2/c24-17(25)9-37-21-15(32-34-37)4-3-14(29-21)13-5-8-36-19(13)20(28-12-1-2-12)31-22(33-36)30-16-6-7-35(18(39)10-38)11-23(16,26)27/h3-5,8,12,16-17,38H,1-2,6-7,9-11H2,(H2,28,30,31,33)/t16-/m1/s1. The second-order valence-electron chi connectivity index (χ2n) is 9.65. The molecule has 16 heteroatoms. The van der Waals surface area contributed by atoms with E-state index in [0.717, 1.165) is 22.4 Å². The second kappa shape index (κ2) is 9.59. The van der Waals surface area contributed by atoms with Crippen LogP contribution in [0.15, 0.2) is 24.4 Å². The number of nitrogens with one attached hydrogen (secondary N) is 2. The summed E-state index contributed by atoms with van der Waals surface area (Å²) in [7, 11) is 0. The lowest BCUT2D eigenvalue weighted by Crippen LogP contribution is -2.56. The summed E-state index contributed by atoms with van der Waals surface area (Å²) in [6.07, 6.45) is 0.795. The fraction of sp³-hybridized carbons (Fsp3) is 0.478. The maximum Gasteiger partial charge on any atom is 0.285 e. The van der Waals surface area contributed by atoms with Gasteiger partial charge in [-0.25, -0.2) is 31.7 Å². The third-order valence-electron chi connectivity index (χ3n) is 6.77. The Morgan fingerprint density at radius 2 is 1.97 bits per heavy atom. The van der Waals surface area contributed by atoms with Gasteiger partial charge in [0.1, 0.15) is 24.2 Å². The number of hydrogen-bond donors (Lipinski definition) is 3. The van der Waals surface area contributed by atoms with E-state index in [4.69, 9.17) is 5.11 Å². The molecule has 1 saturated heterocycles. The van der Waals surface area contributed by atoms with Crippen LogP contribution in [-0.2, 0) is 11.3 Å². The number of anilines is 2. The highest BCUT2D eigenvalue weighted by atomic mass is 19.3. The van der Waals surface area contributed by atoms with Crippen LogP contribution in [0.2, 0.25) is 0 Å². The number of pyridine rings is 1. The molecule has 0 radical (unpaired) electrons. The van der Waals surface area contributed by atoms with Gasteiger partial charge in [0.2, 0.25) is 11.9 Å². The largest absolute Gasteiger partial charge is 0.387 e. The molecule has 1 aliphatic carbocycles. The molecule has 3 N–H and O–H groups in total. The molecule has 6 rings (SSSR count). The van der Waals surface area contributed by atoms with Gasteiger partial charge >= 0.3 is 0 Å². The van der Waals surface area contributed by atoms with Crippen molar-refractivity contribution in [3.63, 3.8) is 0 Å². The van der Waals surface area contributed by atoms with Crippen molar-refractivity contribution in [1.29, 1.82) is 0 Å². The fourth-order valence-electron chi connectivity index (χ4n) is 4.66. The summed E-state index contributed by atoms with van der Waals surface area (Å²) in [5.74, 6) is -3.64. The highest BCUT2D eigenvalue weighted by Gasteiger charge is 2.46. The topological polar surface area (TPSA) is 138 Å². The van der Waals surface area contributed by atoms with Crippen LogP contribution in [0.25, 0.3) is 27.9 Å². The Morgan fingerprint density at radius 1 is 1.15 bits per heavy atom. The Kier molecular flexibility index (Phi) is 6.20. The number of aliphatic hydroxyl groups excluding tert-OH is 1. The molecule has 1 amide bonds. The molecule has 39 heavy (non-hydrogen) atoms. The number of fused-ring (bicyclic) bond motifs is 2. The molecular formula is C23H24F4N10O2. The number of carbonyl (C=O) groups is 1. The molecule has 5 heterocycles. The Labute approximate surface area is 218 Å². The highest BCUT2D eigenvalue weighted by molar-refractivity contribution is 5.89. The van der Waals surface area contributed by atoms with Crippen molar-refractivity contribution in [3.05, 3.63) is 24.4 Å². The second-order valence-corrected chi connectivity index (χ2v) is 9.65. The summed E-state index contributed by atoms with van der Waals surface area (Å²) in [5, 5.41) is 27.1. The van der Waals surface area contributed by atoms with E-state index in [9.17, 15) is 22.4 Å². The number of rotatable bonds is 8. The molecule has 0 spiro atoms. The van der Waals surface area contributed by atoms with Crippen LogP contribution in [0.3, 0.4) is 0 Å². The number of likely N-dealkylation sites (tertiary alicyclic amines) is 1. The number of amides is 1. The number of nitrogens with zero attached hydrogens (tertiary/aromatic N) is 8. The van der Waals surface area contributed by atoms with Gasteiger partial charge < -0.3 is 20.6 Å². The molecule has 206 valence electrons. The minimum atomic E-state index is -3.28. The Morgan fingerprint density at radius 3 is 2.69 bits per heavy atom. The molecule has 2 fully saturated rings. The van der Waals surface area contributed by atoms with Crippen molar-refractivity contribution < 1.29 is 27.5 Å². The summed E-state index contributed by atoms with van der Waals surface area (Å²) < 4.78 is 58.3. The van der Waals surface area contributed by atoms with Crippen LogP contribution in [0.1, 0.15) is 19.3 Å². The first-order chi connectivity index (χ1) is 18.7. The maximum absolute atomic E-state index is 14.9. The minimum absolute atomic E-state index is 0.0259. The van der Waals surface area contributed by atoms with Crippen LogP contribution in [0, 0.1) is 0 Å². The van der Waals surface area contributed by atoms with Crippen LogP contribution in [0.4, 0.5) is 29.3 Å². The fourth-order valence-corrected chi connectivity index (χ4v) is 4.66. The van der Waals surface area contributed by atoms with Crippen molar-refractivity contribution in [1.82, 2.24) is 39.5 Å². The summed E-state index contributed by atoms with van der Waals surface area (Å²) >= 11 is 0. The molecule has 2 aliphatic rings. The van der Waals surface area contributed by atoms with Crippen molar-refractivity contribution in [3.8, 4) is 11.3 Å². The van der Waals surface area contributed by atoms with Crippen LogP contribution >= 0.6 is 0 Å². The summed E-state index contributed by atoms with van der Waals surface area (Å²) in [6, 6.07) is 3.90. The van der Waals surface area contributed by atoms with E-state index in [1.165, 1.54) is 4.52 Å². The smallest absolute Gasteiger partial charge is 0.285 e. The number of aliphatic hydroxyl groups is 1. The molecule has 0 aromatic carbocycles. The van der Waals surface area contributed by atoms with Crippen molar-refractivity contribution in [2.45, 2.75) is 50.2 Å². The van der Waals surface area contributed by atoms with Crippen molar-refractivity contribution >= 4 is 34.4 Å². The maximum atomic E-state index is 14.9. The quantitative estimate of drug-likeness (QED) is 0.282. The first-order valence-corrected chi connectivity index (χ1v) is 12.4. The molecule has 0 unspecified atom stereocenters. The molecule has 12 nitrogen and oxygen atoms in total. The van der Waals surface area contributed by atoms with Crippen molar-refractivity contribution in [2.75, 3.05) is 30.3 Å². The molecule has 1 aliphatic heterocycles. The van der Waals surface area contributed by atoms with E-state index in [1.54, 1.807) is 24.4 Å². The Balaban J connectivity index is 1.34. The lowest BCUT2D eigenvalue weighted by molar-refractivity contribution is -0.145. The van der Waals surface area contributed by atoms with Gasteiger partial charge in [-0.2, -0.15) is 4.98 Å².